The third-order valence-corrected chi connectivity index (χ3v) is 4.86. The highest BCUT2D eigenvalue weighted by Crippen LogP contribution is 2.42. The second kappa shape index (κ2) is 7.24. The van der Waals surface area contributed by atoms with Gasteiger partial charge in [-0.2, -0.15) is 0 Å². The molecule has 0 N–H and O–H groups in total. The zero-order valence-corrected chi connectivity index (χ0v) is 16.2. The fraction of sp³-hybridized carbons (Fsp3) is 0.125. The van der Waals surface area contributed by atoms with Gasteiger partial charge in [-0.1, -0.05) is 60.7 Å². The van der Waals surface area contributed by atoms with Gasteiger partial charge < -0.3 is 9.64 Å². The summed E-state index contributed by atoms with van der Waals surface area (Å²) in [5.41, 5.74) is 4.82. The summed E-state index contributed by atoms with van der Waals surface area (Å²) in [6, 6.07) is 26.0. The largest absolute Gasteiger partial charge is 0.497 e. The molecular weight excluding hydrogens is 348 g/mol. The Morgan fingerprint density at radius 3 is 2.04 bits per heavy atom. The fourth-order valence-corrected chi connectivity index (χ4v) is 3.56. The molecule has 0 saturated carbocycles. The first-order valence-corrected chi connectivity index (χ1v) is 9.16. The van der Waals surface area contributed by atoms with E-state index in [0.717, 1.165) is 39.0 Å². The van der Waals surface area contributed by atoms with Gasteiger partial charge in [0.25, 0.3) is 0 Å². The Morgan fingerprint density at radius 1 is 0.857 bits per heavy atom. The van der Waals surface area contributed by atoms with E-state index >= 15 is 0 Å². The van der Waals surface area contributed by atoms with E-state index < -0.39 is 0 Å². The molecule has 3 aromatic carbocycles. The van der Waals surface area contributed by atoms with Gasteiger partial charge in [-0.15, -0.1) is 0 Å². The van der Waals surface area contributed by atoms with Crippen molar-refractivity contribution < 1.29 is 9.53 Å². The molecule has 4 heteroatoms. The Hall–Kier alpha value is -3.53. The first kappa shape index (κ1) is 17.9. The predicted octanol–water partition coefficient (Wildman–Crippen LogP) is 5.51. The summed E-state index contributed by atoms with van der Waals surface area (Å²) in [7, 11) is 5.20. The third kappa shape index (κ3) is 2.93. The summed E-state index contributed by atoms with van der Waals surface area (Å²) in [6.07, 6.45) is 0. The minimum atomic E-state index is -0.0869. The number of rotatable bonds is 3. The normalized spacial score (nSPS) is 10.8. The lowest BCUT2D eigenvalue weighted by Gasteiger charge is -2.16. The van der Waals surface area contributed by atoms with E-state index in [1.807, 2.05) is 66.7 Å². The zero-order valence-electron chi connectivity index (χ0n) is 16.2. The van der Waals surface area contributed by atoms with E-state index in [1.165, 1.54) is 0 Å². The molecule has 0 aliphatic heterocycles. The predicted molar refractivity (Wildman–Crippen MR) is 114 cm³/mol. The summed E-state index contributed by atoms with van der Waals surface area (Å²) >= 11 is 0. The van der Waals surface area contributed by atoms with Crippen LogP contribution in [0.5, 0.6) is 5.75 Å². The van der Waals surface area contributed by atoms with Gasteiger partial charge in [-0.25, -0.2) is 4.79 Å². The Kier molecular flexibility index (Phi) is 4.62. The molecule has 0 atom stereocenters. The van der Waals surface area contributed by atoms with E-state index in [0.29, 0.717) is 0 Å². The highest BCUT2D eigenvalue weighted by atomic mass is 16.5. The highest BCUT2D eigenvalue weighted by Gasteiger charge is 2.24. The standard InChI is InChI=1S/C24H22N2O2/c1-25(2)24(27)26-21-15-14-19(28-3)16-20(21)22(17-10-6-4-7-11-17)23(26)18-12-8-5-9-13-18/h4-16H,1-3H3. The van der Waals surface area contributed by atoms with E-state index in [4.69, 9.17) is 4.74 Å². The number of nitrogens with zero attached hydrogens (tertiary/aromatic N) is 2. The van der Waals surface area contributed by atoms with Crippen molar-refractivity contribution in [2.24, 2.45) is 0 Å². The van der Waals surface area contributed by atoms with Crippen LogP contribution in [0, 0.1) is 0 Å². The molecule has 0 spiro atoms. The van der Waals surface area contributed by atoms with Crippen molar-refractivity contribution in [1.29, 1.82) is 0 Å². The molecule has 1 heterocycles. The highest BCUT2D eigenvalue weighted by molar-refractivity contribution is 6.10. The molecule has 4 rings (SSSR count). The first-order valence-electron chi connectivity index (χ1n) is 9.16. The van der Waals surface area contributed by atoms with E-state index in [-0.39, 0.29) is 6.03 Å². The lowest BCUT2D eigenvalue weighted by molar-refractivity contribution is 0.220. The van der Waals surface area contributed by atoms with Crippen molar-refractivity contribution >= 4 is 16.9 Å². The molecule has 0 bridgehead atoms. The molecular formula is C24H22N2O2. The van der Waals surface area contributed by atoms with Crippen molar-refractivity contribution in [1.82, 2.24) is 9.47 Å². The Labute approximate surface area is 164 Å². The maximum Gasteiger partial charge on any atom is 0.328 e. The molecule has 4 nitrogen and oxygen atoms in total. The zero-order chi connectivity index (χ0) is 19.7. The van der Waals surface area contributed by atoms with Crippen LogP contribution in [0.3, 0.4) is 0 Å². The van der Waals surface area contributed by atoms with E-state index in [1.54, 1.807) is 30.7 Å². The molecule has 28 heavy (non-hydrogen) atoms. The van der Waals surface area contributed by atoms with Gasteiger partial charge in [0, 0.05) is 25.0 Å². The second-order valence-electron chi connectivity index (χ2n) is 6.85. The number of amides is 1. The number of ether oxygens (including phenoxy) is 1. The Morgan fingerprint density at radius 2 is 1.46 bits per heavy atom. The summed E-state index contributed by atoms with van der Waals surface area (Å²) < 4.78 is 7.27. The molecule has 0 saturated heterocycles. The van der Waals surface area contributed by atoms with Crippen molar-refractivity contribution in [3.63, 3.8) is 0 Å². The summed E-state index contributed by atoms with van der Waals surface area (Å²) in [5.74, 6) is 0.763. The number of hydrogen-bond acceptors (Lipinski definition) is 2. The van der Waals surface area contributed by atoms with Crippen LogP contribution in [-0.2, 0) is 0 Å². The smallest absolute Gasteiger partial charge is 0.328 e. The topological polar surface area (TPSA) is 34.5 Å². The first-order chi connectivity index (χ1) is 13.6. The molecule has 4 aromatic rings. The van der Waals surface area contributed by atoms with Gasteiger partial charge in [-0.3, -0.25) is 4.57 Å². The monoisotopic (exact) mass is 370 g/mol. The lowest BCUT2D eigenvalue weighted by Crippen LogP contribution is -2.27. The van der Waals surface area contributed by atoms with Gasteiger partial charge in [-0.05, 0) is 29.3 Å². The average molecular weight is 370 g/mol. The SMILES string of the molecule is COc1ccc2c(c1)c(-c1ccccc1)c(-c1ccccc1)n2C(=O)N(C)C. The van der Waals surface area contributed by atoms with Gasteiger partial charge in [0.15, 0.2) is 0 Å². The van der Waals surface area contributed by atoms with E-state index in [2.05, 4.69) is 12.1 Å². The van der Waals surface area contributed by atoms with E-state index in [9.17, 15) is 4.79 Å². The maximum absolute atomic E-state index is 13.2. The summed E-state index contributed by atoms with van der Waals surface area (Å²) in [4.78, 5) is 14.8. The Bertz CT molecular complexity index is 1130. The van der Waals surface area contributed by atoms with Crippen molar-refractivity contribution in [3.8, 4) is 28.1 Å². The number of carbonyl (C=O) groups is 1. The van der Waals surface area contributed by atoms with Crippen LogP contribution in [0.2, 0.25) is 0 Å². The van der Waals surface area contributed by atoms with Crippen LogP contribution in [0.4, 0.5) is 4.79 Å². The molecule has 1 amide bonds. The van der Waals surface area contributed by atoms with Gasteiger partial charge >= 0.3 is 6.03 Å². The van der Waals surface area contributed by atoms with Crippen LogP contribution in [0.1, 0.15) is 0 Å². The molecule has 0 fully saturated rings. The summed E-state index contributed by atoms with van der Waals surface area (Å²) in [6.45, 7) is 0. The van der Waals surface area contributed by atoms with Crippen LogP contribution in [0.15, 0.2) is 78.9 Å². The van der Waals surface area contributed by atoms with Crippen LogP contribution in [0.25, 0.3) is 33.3 Å². The average Bonchev–Trinajstić information content (AvgIpc) is 3.08. The molecule has 1 aromatic heterocycles. The molecule has 0 unspecified atom stereocenters. The van der Waals surface area contributed by atoms with Crippen LogP contribution < -0.4 is 4.74 Å². The quantitative estimate of drug-likeness (QED) is 0.476. The fourth-order valence-electron chi connectivity index (χ4n) is 3.56. The molecule has 0 aliphatic carbocycles. The van der Waals surface area contributed by atoms with Gasteiger partial charge in [0.05, 0.1) is 18.3 Å². The molecule has 0 aliphatic rings. The Balaban J connectivity index is 2.19. The molecule has 0 radical (unpaired) electrons. The number of aromatic nitrogens is 1. The van der Waals surface area contributed by atoms with Gasteiger partial charge in [0.2, 0.25) is 0 Å². The molecule has 140 valence electrons. The van der Waals surface area contributed by atoms with Crippen LogP contribution >= 0.6 is 0 Å². The number of hydrogen-bond donors (Lipinski definition) is 0. The lowest BCUT2D eigenvalue weighted by atomic mass is 9.98. The number of carbonyl (C=O) groups excluding carboxylic acids is 1. The van der Waals surface area contributed by atoms with Crippen LogP contribution in [-0.4, -0.2) is 36.7 Å². The summed E-state index contributed by atoms with van der Waals surface area (Å²) in [5, 5.41) is 0.986. The van der Waals surface area contributed by atoms with Crippen molar-refractivity contribution in [2.45, 2.75) is 0 Å². The second-order valence-corrected chi connectivity index (χ2v) is 6.85. The number of benzene rings is 3. The minimum Gasteiger partial charge on any atom is -0.497 e. The van der Waals surface area contributed by atoms with Crippen molar-refractivity contribution in [3.05, 3.63) is 78.9 Å². The maximum atomic E-state index is 13.2. The van der Waals surface area contributed by atoms with Crippen molar-refractivity contribution in [2.75, 3.05) is 21.2 Å². The van der Waals surface area contributed by atoms with Gasteiger partial charge in [0.1, 0.15) is 5.75 Å². The number of methoxy groups -OCH3 is 1. The minimum absolute atomic E-state index is 0.0869. The third-order valence-electron chi connectivity index (χ3n) is 4.86. The number of fused-ring (bicyclic) bond motifs is 1.